The summed E-state index contributed by atoms with van der Waals surface area (Å²) < 4.78 is 19.6. The molecule has 150 valence electrons. The van der Waals surface area contributed by atoms with Crippen LogP contribution in [0.3, 0.4) is 0 Å². The molecule has 0 saturated carbocycles. The molecule has 0 radical (unpaired) electrons. The van der Waals surface area contributed by atoms with Crippen molar-refractivity contribution in [3.8, 4) is 33.8 Å². The van der Waals surface area contributed by atoms with E-state index in [2.05, 4.69) is 12.1 Å². The topological polar surface area (TPSA) is 88.1 Å². The van der Waals surface area contributed by atoms with E-state index in [-0.39, 0.29) is 11.6 Å². The monoisotopic (exact) mass is 394 g/mol. The van der Waals surface area contributed by atoms with Crippen LogP contribution < -0.4 is 10.5 Å². The zero-order chi connectivity index (χ0) is 21.0. The number of phenols is 1. The molecule has 0 aromatic heterocycles. The molecule has 0 amide bonds. The Morgan fingerprint density at radius 3 is 2.41 bits per heavy atom. The van der Waals surface area contributed by atoms with Gasteiger partial charge in [0.05, 0.1) is 7.11 Å². The van der Waals surface area contributed by atoms with Crippen LogP contribution >= 0.6 is 0 Å². The Labute approximate surface area is 168 Å². The summed E-state index contributed by atoms with van der Waals surface area (Å²) in [5.41, 5.74) is 10.1. The number of ether oxygens (including phenoxy) is 1. The number of oxime groups is 1. The van der Waals surface area contributed by atoms with Crippen molar-refractivity contribution in [1.82, 2.24) is 0 Å². The van der Waals surface area contributed by atoms with E-state index in [1.165, 1.54) is 19.2 Å². The van der Waals surface area contributed by atoms with Gasteiger partial charge in [0.25, 0.3) is 0 Å². The number of nitrogens with two attached hydrogens (primary N) is 1. The van der Waals surface area contributed by atoms with Crippen molar-refractivity contribution in [1.29, 1.82) is 0 Å². The Hall–Kier alpha value is -3.54. The first-order valence-corrected chi connectivity index (χ1v) is 9.26. The molecule has 3 rings (SSSR count). The third-order valence-corrected chi connectivity index (χ3v) is 4.73. The highest BCUT2D eigenvalue weighted by Crippen LogP contribution is 2.41. The number of nitrogens with zero attached hydrogens (tertiary/aromatic N) is 1. The molecule has 0 atom stereocenters. The minimum atomic E-state index is -0.430. The molecule has 3 aromatic rings. The average Bonchev–Trinajstić information content (AvgIpc) is 2.73. The van der Waals surface area contributed by atoms with Crippen LogP contribution in [0.25, 0.3) is 22.3 Å². The van der Waals surface area contributed by atoms with E-state index in [1.54, 1.807) is 30.3 Å². The zero-order valence-electron chi connectivity index (χ0n) is 16.3. The lowest BCUT2D eigenvalue weighted by atomic mass is 9.87. The van der Waals surface area contributed by atoms with Crippen LogP contribution in [0, 0.1) is 5.82 Å². The minimum Gasteiger partial charge on any atom is -0.508 e. The highest BCUT2D eigenvalue weighted by Gasteiger charge is 2.21. The lowest BCUT2D eigenvalue weighted by Gasteiger charge is -2.19. The quantitative estimate of drug-likeness (QED) is 0.240. The first kappa shape index (κ1) is 20.2. The van der Waals surface area contributed by atoms with Crippen molar-refractivity contribution >= 4 is 5.84 Å². The third-order valence-electron chi connectivity index (χ3n) is 4.73. The van der Waals surface area contributed by atoms with Gasteiger partial charge in [0.15, 0.2) is 5.84 Å². The van der Waals surface area contributed by atoms with Gasteiger partial charge in [0.1, 0.15) is 17.3 Å². The zero-order valence-corrected chi connectivity index (χ0v) is 16.3. The van der Waals surface area contributed by atoms with Crippen molar-refractivity contribution in [3.63, 3.8) is 0 Å². The van der Waals surface area contributed by atoms with Gasteiger partial charge in [-0.25, -0.2) is 4.39 Å². The summed E-state index contributed by atoms with van der Waals surface area (Å²) in [4.78, 5) is 0. The van der Waals surface area contributed by atoms with Crippen LogP contribution in [-0.2, 0) is 6.42 Å². The van der Waals surface area contributed by atoms with Crippen molar-refractivity contribution < 1.29 is 19.4 Å². The van der Waals surface area contributed by atoms with Gasteiger partial charge in [-0.15, -0.1) is 0 Å². The molecule has 0 heterocycles. The Kier molecular flexibility index (Phi) is 6.02. The summed E-state index contributed by atoms with van der Waals surface area (Å²) in [5.74, 6) is 0.0894. The maximum atomic E-state index is 14.2. The number of amidine groups is 1. The normalized spacial score (nSPS) is 11.5. The summed E-state index contributed by atoms with van der Waals surface area (Å²) >= 11 is 0. The van der Waals surface area contributed by atoms with E-state index >= 15 is 0 Å². The number of hydrogen-bond acceptors (Lipinski definition) is 4. The molecule has 0 aliphatic carbocycles. The summed E-state index contributed by atoms with van der Waals surface area (Å²) in [7, 11) is 1.51. The Bertz CT molecular complexity index is 1050. The largest absolute Gasteiger partial charge is 0.508 e. The summed E-state index contributed by atoms with van der Waals surface area (Å²) in [6, 6.07) is 14.8. The molecular formula is C23H23FN2O3. The predicted octanol–water partition coefficient (Wildman–Crippen LogP) is 4.92. The number of methoxy groups -OCH3 is 1. The molecule has 29 heavy (non-hydrogen) atoms. The van der Waals surface area contributed by atoms with E-state index in [0.717, 1.165) is 29.5 Å². The van der Waals surface area contributed by atoms with Crippen LogP contribution in [0.1, 0.15) is 24.5 Å². The fourth-order valence-corrected chi connectivity index (χ4v) is 3.43. The number of phenolic OH excluding ortho intramolecular Hbond substituents is 1. The van der Waals surface area contributed by atoms with Gasteiger partial charge in [-0.05, 0) is 59.5 Å². The maximum absolute atomic E-state index is 14.2. The second-order valence-corrected chi connectivity index (χ2v) is 6.69. The van der Waals surface area contributed by atoms with Crippen LogP contribution in [0.4, 0.5) is 4.39 Å². The van der Waals surface area contributed by atoms with Gasteiger partial charge in [0.2, 0.25) is 0 Å². The molecule has 0 spiro atoms. The lowest BCUT2D eigenvalue weighted by molar-refractivity contribution is 0.318. The van der Waals surface area contributed by atoms with Gasteiger partial charge < -0.3 is 20.8 Å². The van der Waals surface area contributed by atoms with E-state index in [9.17, 15) is 14.7 Å². The number of rotatable bonds is 6. The smallest absolute Gasteiger partial charge is 0.170 e. The Balaban J connectivity index is 2.43. The van der Waals surface area contributed by atoms with Crippen molar-refractivity contribution in [2.75, 3.05) is 7.11 Å². The molecule has 0 unspecified atom stereocenters. The Morgan fingerprint density at radius 2 is 1.79 bits per heavy atom. The first-order chi connectivity index (χ1) is 14.0. The molecule has 0 bridgehead atoms. The number of aromatic hydroxyl groups is 1. The highest BCUT2D eigenvalue weighted by atomic mass is 19.1. The maximum Gasteiger partial charge on any atom is 0.170 e. The van der Waals surface area contributed by atoms with E-state index < -0.39 is 5.82 Å². The standard InChI is InChI=1S/C23H23FN2O3/c1-3-4-14-11-18(15-5-8-17(27)9-6-15)22(20(12-14)23(25)26-28)19-13-16(24)7-10-21(19)29-2/h5-13,27-28H,3-4H2,1-2H3,(H2,25,26). The molecular weight excluding hydrogens is 371 g/mol. The number of hydrogen-bond donors (Lipinski definition) is 3. The first-order valence-electron chi connectivity index (χ1n) is 9.26. The molecule has 4 N–H and O–H groups in total. The molecule has 0 aliphatic rings. The fraction of sp³-hybridized carbons (Fsp3) is 0.174. The van der Waals surface area contributed by atoms with Gasteiger partial charge in [-0.2, -0.15) is 0 Å². The Morgan fingerprint density at radius 1 is 1.07 bits per heavy atom. The average molecular weight is 394 g/mol. The van der Waals surface area contributed by atoms with Crippen molar-refractivity contribution in [2.45, 2.75) is 19.8 Å². The number of aryl methyl sites for hydroxylation is 1. The van der Waals surface area contributed by atoms with Crippen LogP contribution in [0.15, 0.2) is 59.8 Å². The molecule has 6 heteroatoms. The number of halogens is 1. The number of benzene rings is 3. The van der Waals surface area contributed by atoms with Crippen LogP contribution in [0.5, 0.6) is 11.5 Å². The molecule has 5 nitrogen and oxygen atoms in total. The van der Waals surface area contributed by atoms with E-state index in [4.69, 9.17) is 10.5 Å². The SMILES string of the molecule is CCCc1cc(/C(N)=N/O)c(-c2cc(F)ccc2OC)c(-c2ccc(O)cc2)c1. The second-order valence-electron chi connectivity index (χ2n) is 6.69. The van der Waals surface area contributed by atoms with Gasteiger partial charge >= 0.3 is 0 Å². The molecule has 0 fully saturated rings. The van der Waals surface area contributed by atoms with Gasteiger partial charge in [-0.3, -0.25) is 0 Å². The van der Waals surface area contributed by atoms with Gasteiger partial charge in [-0.1, -0.05) is 36.7 Å². The summed E-state index contributed by atoms with van der Waals surface area (Å²) in [5, 5.41) is 22.3. The van der Waals surface area contributed by atoms with Crippen molar-refractivity contribution in [2.24, 2.45) is 10.9 Å². The van der Waals surface area contributed by atoms with E-state index in [0.29, 0.717) is 22.4 Å². The molecule has 0 aliphatic heterocycles. The summed E-state index contributed by atoms with van der Waals surface area (Å²) in [6.07, 6.45) is 1.70. The molecule has 0 saturated heterocycles. The molecule has 3 aromatic carbocycles. The van der Waals surface area contributed by atoms with Crippen LogP contribution in [-0.4, -0.2) is 23.3 Å². The van der Waals surface area contributed by atoms with Crippen molar-refractivity contribution in [3.05, 3.63) is 71.5 Å². The third kappa shape index (κ3) is 4.16. The lowest BCUT2D eigenvalue weighted by Crippen LogP contribution is -2.16. The van der Waals surface area contributed by atoms with Crippen LogP contribution in [0.2, 0.25) is 0 Å². The summed E-state index contributed by atoms with van der Waals surface area (Å²) in [6.45, 7) is 2.06. The minimum absolute atomic E-state index is 0.0794. The van der Waals surface area contributed by atoms with Gasteiger partial charge in [0, 0.05) is 16.7 Å². The predicted molar refractivity (Wildman–Crippen MR) is 112 cm³/mol. The fourth-order valence-electron chi connectivity index (χ4n) is 3.43. The van der Waals surface area contributed by atoms with E-state index in [1.807, 2.05) is 12.1 Å². The second kappa shape index (κ2) is 8.65. The highest BCUT2D eigenvalue weighted by molar-refractivity contribution is 6.07.